The Labute approximate surface area is 107 Å². The van der Waals surface area contributed by atoms with Gasteiger partial charge in [0.25, 0.3) is 5.56 Å². The van der Waals surface area contributed by atoms with Gasteiger partial charge in [0, 0.05) is 10.0 Å². The van der Waals surface area contributed by atoms with Gasteiger partial charge in [-0.3, -0.25) is 4.79 Å². The van der Waals surface area contributed by atoms with Gasteiger partial charge in [0.15, 0.2) is 0 Å². The summed E-state index contributed by atoms with van der Waals surface area (Å²) in [6, 6.07) is 7.51. The highest BCUT2D eigenvalue weighted by molar-refractivity contribution is 9.10. The van der Waals surface area contributed by atoms with Crippen LogP contribution in [0.25, 0.3) is 11.4 Å². The molecule has 4 nitrogen and oxygen atoms in total. The lowest BCUT2D eigenvalue weighted by molar-refractivity contribution is 1.02. The fraction of sp³-hybridized carbons (Fsp3) is 0.167. The minimum Gasteiger partial charge on any atom is -0.383 e. The number of benzene rings is 1. The van der Waals surface area contributed by atoms with Gasteiger partial charge in [-0.15, -0.1) is 0 Å². The highest BCUT2D eigenvalue weighted by Gasteiger charge is 2.08. The number of hydrogen-bond donors (Lipinski definition) is 2. The van der Waals surface area contributed by atoms with Gasteiger partial charge in [-0.25, -0.2) is 4.98 Å². The van der Waals surface area contributed by atoms with Crippen molar-refractivity contribution in [3.8, 4) is 11.4 Å². The average Bonchev–Trinajstić information content (AvgIpc) is 2.29. The number of anilines is 1. The number of halogens is 1. The van der Waals surface area contributed by atoms with Gasteiger partial charge < -0.3 is 10.7 Å². The Kier molecular flexibility index (Phi) is 3.28. The molecule has 88 valence electrons. The predicted molar refractivity (Wildman–Crippen MR) is 71.8 cm³/mol. The molecule has 0 amide bonds. The van der Waals surface area contributed by atoms with Crippen molar-refractivity contribution in [3.63, 3.8) is 0 Å². The quantitative estimate of drug-likeness (QED) is 0.893. The van der Waals surface area contributed by atoms with E-state index in [2.05, 4.69) is 25.9 Å². The highest BCUT2D eigenvalue weighted by atomic mass is 79.9. The minimum absolute atomic E-state index is 0.169. The maximum atomic E-state index is 11.7. The van der Waals surface area contributed by atoms with Crippen LogP contribution in [0.5, 0.6) is 0 Å². The highest BCUT2D eigenvalue weighted by Crippen LogP contribution is 2.18. The molecule has 0 spiro atoms. The van der Waals surface area contributed by atoms with E-state index in [1.165, 1.54) is 0 Å². The zero-order chi connectivity index (χ0) is 12.4. The van der Waals surface area contributed by atoms with Gasteiger partial charge >= 0.3 is 0 Å². The lowest BCUT2D eigenvalue weighted by atomic mass is 10.2. The van der Waals surface area contributed by atoms with Gasteiger partial charge in [0.2, 0.25) is 0 Å². The van der Waals surface area contributed by atoms with Crippen LogP contribution in [0.4, 0.5) is 5.82 Å². The Morgan fingerprint density at radius 1 is 1.35 bits per heavy atom. The molecule has 0 saturated carbocycles. The van der Waals surface area contributed by atoms with Crippen molar-refractivity contribution in [2.24, 2.45) is 0 Å². The zero-order valence-electron chi connectivity index (χ0n) is 9.33. The average molecular weight is 294 g/mol. The first-order valence-electron chi connectivity index (χ1n) is 5.26. The minimum atomic E-state index is -0.169. The SMILES string of the molecule is CCc1c(N)nc(-c2ccc(Br)cc2)[nH]c1=O. The lowest BCUT2D eigenvalue weighted by Crippen LogP contribution is -2.17. The van der Waals surface area contributed by atoms with Crippen LogP contribution in [-0.4, -0.2) is 9.97 Å². The van der Waals surface area contributed by atoms with Crippen LogP contribution < -0.4 is 11.3 Å². The van der Waals surface area contributed by atoms with Gasteiger partial charge in [-0.2, -0.15) is 0 Å². The number of hydrogen-bond acceptors (Lipinski definition) is 3. The number of nitrogen functional groups attached to an aromatic ring is 1. The Bertz CT molecular complexity index is 590. The second-order valence-corrected chi connectivity index (χ2v) is 4.55. The van der Waals surface area contributed by atoms with Gasteiger partial charge in [0.05, 0.1) is 5.56 Å². The van der Waals surface area contributed by atoms with E-state index in [0.29, 0.717) is 23.6 Å². The second-order valence-electron chi connectivity index (χ2n) is 3.64. The zero-order valence-corrected chi connectivity index (χ0v) is 10.9. The van der Waals surface area contributed by atoms with Crippen molar-refractivity contribution in [2.75, 3.05) is 5.73 Å². The molecule has 0 radical (unpaired) electrons. The molecule has 0 saturated heterocycles. The molecule has 1 aromatic carbocycles. The van der Waals surface area contributed by atoms with E-state index in [4.69, 9.17) is 5.73 Å². The molecule has 1 heterocycles. The molecule has 17 heavy (non-hydrogen) atoms. The van der Waals surface area contributed by atoms with E-state index in [1.807, 2.05) is 31.2 Å². The Morgan fingerprint density at radius 2 is 2.00 bits per heavy atom. The number of nitrogens with zero attached hydrogens (tertiary/aromatic N) is 1. The maximum absolute atomic E-state index is 11.7. The van der Waals surface area contributed by atoms with E-state index in [1.54, 1.807) is 0 Å². The van der Waals surface area contributed by atoms with Crippen LogP contribution >= 0.6 is 15.9 Å². The summed E-state index contributed by atoms with van der Waals surface area (Å²) in [4.78, 5) is 18.7. The number of nitrogens with two attached hydrogens (primary N) is 1. The van der Waals surface area contributed by atoms with Gasteiger partial charge in [-0.05, 0) is 18.6 Å². The topological polar surface area (TPSA) is 71.8 Å². The largest absolute Gasteiger partial charge is 0.383 e. The van der Waals surface area contributed by atoms with E-state index in [-0.39, 0.29) is 5.56 Å². The van der Waals surface area contributed by atoms with Crippen LogP contribution in [0, 0.1) is 0 Å². The fourth-order valence-corrected chi connectivity index (χ4v) is 1.87. The van der Waals surface area contributed by atoms with E-state index in [9.17, 15) is 4.79 Å². The first-order chi connectivity index (χ1) is 8.11. The molecule has 0 aliphatic rings. The summed E-state index contributed by atoms with van der Waals surface area (Å²) in [5.74, 6) is 0.798. The maximum Gasteiger partial charge on any atom is 0.256 e. The van der Waals surface area contributed by atoms with Crippen molar-refractivity contribution in [1.29, 1.82) is 0 Å². The third-order valence-electron chi connectivity index (χ3n) is 2.52. The molecule has 2 rings (SSSR count). The monoisotopic (exact) mass is 293 g/mol. The van der Waals surface area contributed by atoms with Gasteiger partial charge in [0.1, 0.15) is 11.6 Å². The Balaban J connectivity index is 2.54. The Morgan fingerprint density at radius 3 is 2.53 bits per heavy atom. The summed E-state index contributed by atoms with van der Waals surface area (Å²) >= 11 is 3.35. The van der Waals surface area contributed by atoms with E-state index < -0.39 is 0 Å². The van der Waals surface area contributed by atoms with Gasteiger partial charge in [-0.1, -0.05) is 35.0 Å². The Hall–Kier alpha value is -1.62. The molecule has 0 unspecified atom stereocenters. The fourth-order valence-electron chi connectivity index (χ4n) is 1.60. The second kappa shape index (κ2) is 4.71. The number of nitrogens with one attached hydrogen (secondary N) is 1. The molecule has 0 aliphatic carbocycles. The van der Waals surface area contributed by atoms with Crippen LogP contribution in [0.15, 0.2) is 33.5 Å². The van der Waals surface area contributed by atoms with E-state index in [0.717, 1.165) is 10.0 Å². The first kappa shape index (κ1) is 11.9. The van der Waals surface area contributed by atoms with Crippen LogP contribution in [0.3, 0.4) is 0 Å². The van der Waals surface area contributed by atoms with Crippen molar-refractivity contribution in [2.45, 2.75) is 13.3 Å². The van der Waals surface area contributed by atoms with Crippen LogP contribution in [0.2, 0.25) is 0 Å². The van der Waals surface area contributed by atoms with Crippen molar-refractivity contribution in [1.82, 2.24) is 9.97 Å². The standard InChI is InChI=1S/C12H12BrN3O/c1-2-9-10(14)15-11(16-12(9)17)7-3-5-8(13)6-4-7/h3-6H,2H2,1H3,(H3,14,15,16,17). The van der Waals surface area contributed by atoms with Crippen LogP contribution in [-0.2, 0) is 6.42 Å². The molecular weight excluding hydrogens is 282 g/mol. The number of H-pyrrole nitrogens is 1. The van der Waals surface area contributed by atoms with Crippen molar-refractivity contribution in [3.05, 3.63) is 44.7 Å². The summed E-state index contributed by atoms with van der Waals surface area (Å²) in [5, 5.41) is 0. The lowest BCUT2D eigenvalue weighted by Gasteiger charge is -2.05. The molecule has 0 atom stereocenters. The number of aromatic nitrogens is 2. The summed E-state index contributed by atoms with van der Waals surface area (Å²) in [6.07, 6.45) is 0.578. The number of rotatable bonds is 2. The third kappa shape index (κ3) is 2.39. The normalized spacial score (nSPS) is 10.5. The summed E-state index contributed by atoms with van der Waals surface area (Å²) in [6.45, 7) is 1.88. The molecule has 0 fully saturated rings. The third-order valence-corrected chi connectivity index (χ3v) is 3.05. The van der Waals surface area contributed by atoms with E-state index >= 15 is 0 Å². The predicted octanol–water partition coefficient (Wildman–Crippen LogP) is 2.34. The van der Waals surface area contributed by atoms with Crippen molar-refractivity contribution >= 4 is 21.7 Å². The molecule has 0 aliphatic heterocycles. The summed E-state index contributed by atoms with van der Waals surface area (Å²) < 4.78 is 0.974. The molecule has 0 bridgehead atoms. The first-order valence-corrected chi connectivity index (χ1v) is 6.05. The van der Waals surface area contributed by atoms with Crippen molar-refractivity contribution < 1.29 is 0 Å². The number of aromatic amines is 1. The molecule has 1 aromatic heterocycles. The molecule has 3 N–H and O–H groups in total. The summed E-state index contributed by atoms with van der Waals surface area (Å²) in [5.41, 5.74) is 6.96. The molecule has 2 aromatic rings. The summed E-state index contributed by atoms with van der Waals surface area (Å²) in [7, 11) is 0. The smallest absolute Gasteiger partial charge is 0.256 e. The van der Waals surface area contributed by atoms with Crippen LogP contribution in [0.1, 0.15) is 12.5 Å². The molecule has 5 heteroatoms. The molecular formula is C12H12BrN3O.